The van der Waals surface area contributed by atoms with E-state index in [2.05, 4.69) is 51.2 Å². The fourth-order valence-corrected chi connectivity index (χ4v) is 8.21. The van der Waals surface area contributed by atoms with Crippen LogP contribution < -0.4 is 16.0 Å². The summed E-state index contributed by atoms with van der Waals surface area (Å²) < 4.78 is 2.40. The molecule has 2 saturated carbocycles. The zero-order valence-corrected chi connectivity index (χ0v) is 28.5. The third-order valence-electron chi connectivity index (χ3n) is 10.9. The number of aromatic nitrogens is 4. The summed E-state index contributed by atoms with van der Waals surface area (Å²) in [5.41, 5.74) is 4.07. The van der Waals surface area contributed by atoms with E-state index in [4.69, 9.17) is 10.2 Å². The van der Waals surface area contributed by atoms with Crippen LogP contribution >= 0.6 is 0 Å². The van der Waals surface area contributed by atoms with Gasteiger partial charge in [0.25, 0.3) is 5.91 Å². The molecule has 3 fully saturated rings. The molecule has 1 saturated heterocycles. The molecule has 3 aromatic rings. The van der Waals surface area contributed by atoms with Crippen molar-refractivity contribution >= 4 is 11.6 Å². The van der Waals surface area contributed by atoms with Gasteiger partial charge in [0.05, 0.1) is 18.7 Å². The third kappa shape index (κ3) is 8.04. The topological polar surface area (TPSA) is 120 Å². The SMILES string of the molecule is CCCCN1CNCCC1c1nnc(CNc2cccc(C(=O)NCc3ccncc3CC)c2)n1CCC12CC(C)CC(O)CC1C2. The molecule has 5 atom stereocenters. The fourth-order valence-electron chi connectivity index (χ4n) is 8.21. The molecule has 47 heavy (non-hydrogen) atoms. The van der Waals surface area contributed by atoms with Gasteiger partial charge in [-0.05, 0) is 111 Å². The minimum Gasteiger partial charge on any atom is -0.393 e. The standard InChI is InChI=1S/C37H54N8O2/c1-4-6-15-44-25-39-14-11-33(44)35-43-42-34(45(35)16-12-37-20-26(3)17-32(46)19-30(37)21-37)24-40-31-9-7-8-28(18-31)36(47)41-23-29-10-13-38-22-27(29)5-2/h7-10,13,18,22,26,30,32-33,39-40,46H,4-6,11-12,14-17,19-21,23-25H2,1-3H3,(H,41,47). The normalized spacial score (nSPS) is 26.0. The molecule has 10 nitrogen and oxygen atoms in total. The molecule has 1 aromatic carbocycles. The van der Waals surface area contributed by atoms with Crippen molar-refractivity contribution in [3.8, 4) is 0 Å². The number of nitrogens with one attached hydrogen (secondary N) is 3. The van der Waals surface area contributed by atoms with Crippen LogP contribution in [0.3, 0.4) is 0 Å². The maximum absolute atomic E-state index is 13.1. The molecule has 5 unspecified atom stereocenters. The van der Waals surface area contributed by atoms with E-state index in [1.54, 1.807) is 6.20 Å². The average Bonchev–Trinajstić information content (AvgIpc) is 3.60. The number of benzene rings is 1. The number of carbonyl (C=O) groups is 1. The van der Waals surface area contributed by atoms with E-state index in [9.17, 15) is 9.90 Å². The molecule has 3 heterocycles. The zero-order chi connectivity index (χ0) is 32.8. The molecule has 6 rings (SSSR count). The lowest BCUT2D eigenvalue weighted by atomic mass is 9.88. The van der Waals surface area contributed by atoms with Gasteiger partial charge < -0.3 is 25.6 Å². The number of pyridine rings is 1. The number of hydrogen-bond acceptors (Lipinski definition) is 8. The van der Waals surface area contributed by atoms with Gasteiger partial charge in [0.1, 0.15) is 0 Å². The summed E-state index contributed by atoms with van der Waals surface area (Å²) in [6, 6.07) is 9.90. The van der Waals surface area contributed by atoms with Gasteiger partial charge in [-0.2, -0.15) is 0 Å². The first-order valence-electron chi connectivity index (χ1n) is 18.0. The number of aryl methyl sites for hydroxylation is 1. The smallest absolute Gasteiger partial charge is 0.251 e. The summed E-state index contributed by atoms with van der Waals surface area (Å²) in [7, 11) is 0. The first-order chi connectivity index (χ1) is 22.9. The highest BCUT2D eigenvalue weighted by molar-refractivity contribution is 5.95. The molecular weight excluding hydrogens is 588 g/mol. The Kier molecular flexibility index (Phi) is 10.9. The second-order valence-electron chi connectivity index (χ2n) is 14.3. The Balaban J connectivity index is 1.17. The van der Waals surface area contributed by atoms with Gasteiger partial charge >= 0.3 is 0 Å². The number of carbonyl (C=O) groups excluding carboxylic acids is 1. The van der Waals surface area contributed by atoms with Crippen LogP contribution in [0.1, 0.15) is 111 Å². The largest absolute Gasteiger partial charge is 0.393 e. The summed E-state index contributed by atoms with van der Waals surface area (Å²) in [6.07, 6.45) is 13.1. The number of aliphatic hydroxyl groups excluding tert-OH is 1. The number of nitrogens with zero attached hydrogens (tertiary/aromatic N) is 5. The van der Waals surface area contributed by atoms with Crippen LogP contribution in [0, 0.1) is 17.3 Å². The lowest BCUT2D eigenvalue weighted by Gasteiger charge is -2.36. The lowest BCUT2D eigenvalue weighted by Crippen LogP contribution is -2.45. The molecular formula is C37H54N8O2. The fraction of sp³-hybridized carbons (Fsp3) is 0.622. The Morgan fingerprint density at radius 1 is 1.11 bits per heavy atom. The van der Waals surface area contributed by atoms with E-state index in [1.165, 1.54) is 19.3 Å². The molecule has 0 bridgehead atoms. The van der Waals surface area contributed by atoms with E-state index in [1.807, 2.05) is 36.5 Å². The highest BCUT2D eigenvalue weighted by Gasteiger charge is 2.55. The minimum absolute atomic E-state index is 0.1000. The summed E-state index contributed by atoms with van der Waals surface area (Å²) in [5, 5.41) is 30.4. The van der Waals surface area contributed by atoms with Gasteiger partial charge in [-0.25, -0.2) is 0 Å². The molecule has 1 aliphatic heterocycles. The Hall–Kier alpha value is -3.34. The van der Waals surface area contributed by atoms with E-state index in [0.717, 1.165) is 93.3 Å². The van der Waals surface area contributed by atoms with Crippen molar-refractivity contribution in [2.75, 3.05) is 25.1 Å². The summed E-state index contributed by atoms with van der Waals surface area (Å²) in [4.78, 5) is 19.9. The van der Waals surface area contributed by atoms with Crippen LogP contribution in [0.25, 0.3) is 0 Å². The van der Waals surface area contributed by atoms with Crippen LogP contribution in [0.2, 0.25) is 0 Å². The molecule has 254 valence electrons. The molecule has 10 heteroatoms. The number of amides is 1. The van der Waals surface area contributed by atoms with Crippen LogP contribution in [-0.2, 0) is 26.1 Å². The number of unbranched alkanes of at least 4 members (excludes halogenated alkanes) is 1. The Labute approximate surface area is 280 Å². The molecule has 4 N–H and O–H groups in total. The van der Waals surface area contributed by atoms with Gasteiger partial charge in [0, 0.05) is 49.9 Å². The third-order valence-corrected chi connectivity index (χ3v) is 10.9. The van der Waals surface area contributed by atoms with Crippen molar-refractivity contribution in [1.82, 2.24) is 35.3 Å². The highest BCUT2D eigenvalue weighted by Crippen LogP contribution is 2.63. The summed E-state index contributed by atoms with van der Waals surface area (Å²) in [5.74, 6) is 3.09. The lowest BCUT2D eigenvalue weighted by molar-refractivity contribution is 0.0950. The van der Waals surface area contributed by atoms with Crippen molar-refractivity contribution in [2.24, 2.45) is 17.3 Å². The number of rotatable bonds is 14. The van der Waals surface area contributed by atoms with Crippen molar-refractivity contribution in [1.29, 1.82) is 0 Å². The molecule has 0 spiro atoms. The van der Waals surface area contributed by atoms with Crippen LogP contribution in [0.15, 0.2) is 42.7 Å². The van der Waals surface area contributed by atoms with E-state index < -0.39 is 0 Å². The number of fused-ring (bicyclic) bond motifs is 1. The maximum Gasteiger partial charge on any atom is 0.251 e. The first kappa shape index (κ1) is 33.6. The second-order valence-corrected chi connectivity index (χ2v) is 14.3. The number of anilines is 1. The summed E-state index contributed by atoms with van der Waals surface area (Å²) >= 11 is 0. The second kappa shape index (κ2) is 15.3. The van der Waals surface area contributed by atoms with Crippen molar-refractivity contribution in [3.05, 3.63) is 71.1 Å². The predicted molar refractivity (Wildman–Crippen MR) is 185 cm³/mol. The zero-order valence-electron chi connectivity index (χ0n) is 28.5. The van der Waals surface area contributed by atoms with Crippen LogP contribution in [0.4, 0.5) is 5.69 Å². The van der Waals surface area contributed by atoms with Gasteiger partial charge in [-0.1, -0.05) is 33.3 Å². The first-order valence-corrected chi connectivity index (χ1v) is 18.0. The van der Waals surface area contributed by atoms with Gasteiger partial charge in [-0.15, -0.1) is 10.2 Å². The van der Waals surface area contributed by atoms with E-state index >= 15 is 0 Å². The van der Waals surface area contributed by atoms with Crippen molar-refractivity contribution in [3.63, 3.8) is 0 Å². The molecule has 3 aliphatic rings. The Morgan fingerprint density at radius 3 is 2.85 bits per heavy atom. The molecule has 1 amide bonds. The summed E-state index contributed by atoms with van der Waals surface area (Å²) in [6.45, 7) is 11.4. The monoisotopic (exact) mass is 642 g/mol. The molecule has 2 aliphatic carbocycles. The molecule has 2 aromatic heterocycles. The van der Waals surface area contributed by atoms with E-state index in [0.29, 0.717) is 35.9 Å². The Morgan fingerprint density at radius 2 is 2.00 bits per heavy atom. The number of aliphatic hydroxyl groups is 1. The Bertz CT molecular complexity index is 1490. The number of hydrogen-bond donors (Lipinski definition) is 4. The maximum atomic E-state index is 13.1. The minimum atomic E-state index is -0.159. The predicted octanol–water partition coefficient (Wildman–Crippen LogP) is 5.45. The quantitative estimate of drug-likeness (QED) is 0.183. The van der Waals surface area contributed by atoms with E-state index in [-0.39, 0.29) is 18.1 Å². The molecule has 0 radical (unpaired) electrons. The highest BCUT2D eigenvalue weighted by atomic mass is 16.3. The van der Waals surface area contributed by atoms with Gasteiger partial charge in [-0.3, -0.25) is 14.7 Å². The van der Waals surface area contributed by atoms with Crippen molar-refractivity contribution < 1.29 is 9.90 Å². The van der Waals surface area contributed by atoms with Crippen molar-refractivity contribution in [2.45, 2.75) is 110 Å². The van der Waals surface area contributed by atoms with Crippen LogP contribution in [-0.4, -0.2) is 61.5 Å². The van der Waals surface area contributed by atoms with Gasteiger partial charge in [0.15, 0.2) is 11.6 Å². The van der Waals surface area contributed by atoms with Crippen LogP contribution in [0.5, 0.6) is 0 Å². The average molecular weight is 643 g/mol. The van der Waals surface area contributed by atoms with Gasteiger partial charge in [0.2, 0.25) is 0 Å².